The van der Waals surface area contributed by atoms with E-state index in [0.717, 1.165) is 6.26 Å². The first kappa shape index (κ1) is 12.9. The molecule has 16 heavy (non-hydrogen) atoms. The van der Waals surface area contributed by atoms with Crippen LogP contribution in [0.4, 0.5) is 11.4 Å². The molecule has 3 N–H and O–H groups in total. The molecule has 1 rings (SSSR count). The lowest BCUT2D eigenvalue weighted by atomic mass is 10.2. The van der Waals surface area contributed by atoms with Gasteiger partial charge in [0.2, 0.25) is 0 Å². The molecule has 1 aromatic carbocycles. The summed E-state index contributed by atoms with van der Waals surface area (Å²) in [5.74, 6) is 0. The minimum absolute atomic E-state index is 0.195. The van der Waals surface area contributed by atoms with Gasteiger partial charge in [-0.05, 0) is 18.2 Å². The van der Waals surface area contributed by atoms with E-state index in [9.17, 15) is 8.42 Å². The smallest absolute Gasteiger partial charge is 0.175 e. The number of hydrogen-bond donors (Lipinski definition) is 2. The molecule has 6 heteroatoms. The molecule has 0 aromatic heterocycles. The Labute approximate surface area is 100 Å². The topological polar surface area (TPSA) is 72.2 Å². The number of nitrogens with two attached hydrogens (primary N) is 1. The Morgan fingerprint density at radius 2 is 2.19 bits per heavy atom. The van der Waals surface area contributed by atoms with Crippen LogP contribution in [0.15, 0.2) is 34.7 Å². The van der Waals surface area contributed by atoms with Crippen molar-refractivity contribution in [2.75, 3.05) is 23.9 Å². The second-order valence-electron chi connectivity index (χ2n) is 3.39. The highest BCUT2D eigenvalue weighted by atomic mass is 35.5. The maximum absolute atomic E-state index is 11.3. The molecule has 0 spiro atoms. The molecule has 0 unspecified atom stereocenters. The molecule has 0 aliphatic carbocycles. The van der Waals surface area contributed by atoms with Gasteiger partial charge in [0.05, 0.1) is 22.8 Å². The van der Waals surface area contributed by atoms with Crippen molar-refractivity contribution in [2.45, 2.75) is 4.90 Å². The lowest BCUT2D eigenvalue weighted by molar-refractivity contribution is 0.602. The summed E-state index contributed by atoms with van der Waals surface area (Å²) in [6.07, 6.45) is 1.13. The van der Waals surface area contributed by atoms with E-state index in [1.54, 1.807) is 6.07 Å². The minimum Gasteiger partial charge on any atom is -0.397 e. The monoisotopic (exact) mass is 260 g/mol. The van der Waals surface area contributed by atoms with E-state index in [1.165, 1.54) is 12.1 Å². The van der Waals surface area contributed by atoms with Crippen LogP contribution in [0.5, 0.6) is 0 Å². The standard InChI is InChI=1S/C10H13ClN2O2S/c1-7(11)6-13-10-4-3-8(5-9(10)12)16(2,14)15/h3-5,13H,1,6,12H2,2H3. The van der Waals surface area contributed by atoms with Crippen LogP contribution in [-0.2, 0) is 9.84 Å². The third-order valence-electron chi connectivity index (χ3n) is 1.92. The van der Waals surface area contributed by atoms with Gasteiger partial charge in [0.25, 0.3) is 0 Å². The lowest BCUT2D eigenvalue weighted by Crippen LogP contribution is -2.05. The van der Waals surface area contributed by atoms with Gasteiger partial charge in [-0.2, -0.15) is 0 Å². The van der Waals surface area contributed by atoms with Crippen molar-refractivity contribution < 1.29 is 8.42 Å². The molecule has 0 amide bonds. The van der Waals surface area contributed by atoms with Crippen LogP contribution in [0.1, 0.15) is 0 Å². The molecule has 0 fully saturated rings. The van der Waals surface area contributed by atoms with E-state index in [-0.39, 0.29) is 4.90 Å². The van der Waals surface area contributed by atoms with E-state index < -0.39 is 9.84 Å². The predicted molar refractivity (Wildman–Crippen MR) is 67.4 cm³/mol. The lowest BCUT2D eigenvalue weighted by Gasteiger charge is -2.09. The fourth-order valence-electron chi connectivity index (χ4n) is 1.12. The first-order valence-corrected chi connectivity index (χ1v) is 6.74. The Kier molecular flexibility index (Phi) is 3.83. The average molecular weight is 261 g/mol. The largest absolute Gasteiger partial charge is 0.397 e. The number of hydrogen-bond acceptors (Lipinski definition) is 4. The van der Waals surface area contributed by atoms with Crippen molar-refractivity contribution >= 4 is 32.8 Å². The second-order valence-corrected chi connectivity index (χ2v) is 5.94. The molecule has 0 bridgehead atoms. The summed E-state index contributed by atoms with van der Waals surface area (Å²) in [6, 6.07) is 4.51. The second kappa shape index (κ2) is 4.76. The molecular formula is C10H13ClN2O2S. The van der Waals surface area contributed by atoms with Gasteiger partial charge < -0.3 is 11.1 Å². The number of benzene rings is 1. The van der Waals surface area contributed by atoms with Gasteiger partial charge in [-0.1, -0.05) is 18.2 Å². The highest BCUT2D eigenvalue weighted by Gasteiger charge is 2.09. The number of nitrogen functional groups attached to an aromatic ring is 1. The zero-order valence-corrected chi connectivity index (χ0v) is 10.4. The van der Waals surface area contributed by atoms with Gasteiger partial charge in [-0.3, -0.25) is 0 Å². The summed E-state index contributed by atoms with van der Waals surface area (Å²) in [5.41, 5.74) is 6.70. The Morgan fingerprint density at radius 1 is 1.56 bits per heavy atom. The minimum atomic E-state index is -3.22. The molecule has 0 atom stereocenters. The van der Waals surface area contributed by atoms with Crippen molar-refractivity contribution in [2.24, 2.45) is 0 Å². The zero-order valence-electron chi connectivity index (χ0n) is 8.83. The molecule has 0 saturated heterocycles. The normalized spacial score (nSPS) is 11.1. The van der Waals surface area contributed by atoms with Crippen LogP contribution in [0.2, 0.25) is 0 Å². The molecule has 0 radical (unpaired) electrons. The van der Waals surface area contributed by atoms with E-state index in [4.69, 9.17) is 17.3 Å². The Bertz CT molecular complexity index is 512. The first-order valence-electron chi connectivity index (χ1n) is 4.47. The fourth-order valence-corrected chi connectivity index (χ4v) is 1.85. The van der Waals surface area contributed by atoms with Crippen LogP contribution < -0.4 is 11.1 Å². The van der Waals surface area contributed by atoms with Gasteiger partial charge in [0.15, 0.2) is 9.84 Å². The average Bonchev–Trinajstić information content (AvgIpc) is 2.14. The van der Waals surface area contributed by atoms with Crippen molar-refractivity contribution in [1.29, 1.82) is 0 Å². The van der Waals surface area contributed by atoms with E-state index in [1.807, 2.05) is 0 Å². The molecule has 1 aromatic rings. The summed E-state index contributed by atoms with van der Waals surface area (Å²) in [6.45, 7) is 3.90. The van der Waals surface area contributed by atoms with Crippen LogP contribution in [0.25, 0.3) is 0 Å². The summed E-state index contributed by atoms with van der Waals surface area (Å²) in [4.78, 5) is 0.195. The first-order chi connectivity index (χ1) is 7.30. The Balaban J connectivity index is 2.96. The van der Waals surface area contributed by atoms with Crippen LogP contribution >= 0.6 is 11.6 Å². The van der Waals surface area contributed by atoms with E-state index in [0.29, 0.717) is 23.0 Å². The van der Waals surface area contributed by atoms with Crippen molar-refractivity contribution in [3.8, 4) is 0 Å². The summed E-state index contributed by atoms with van der Waals surface area (Å²) >= 11 is 5.59. The van der Waals surface area contributed by atoms with E-state index in [2.05, 4.69) is 11.9 Å². The van der Waals surface area contributed by atoms with E-state index >= 15 is 0 Å². The molecule has 0 aliphatic heterocycles. The number of rotatable bonds is 4. The van der Waals surface area contributed by atoms with Crippen molar-refractivity contribution in [3.63, 3.8) is 0 Å². The highest BCUT2D eigenvalue weighted by molar-refractivity contribution is 7.90. The van der Waals surface area contributed by atoms with Crippen LogP contribution in [0.3, 0.4) is 0 Å². The molecule has 0 saturated carbocycles. The third-order valence-corrected chi connectivity index (χ3v) is 3.17. The molecule has 4 nitrogen and oxygen atoms in total. The molecule has 0 aliphatic rings. The van der Waals surface area contributed by atoms with Gasteiger partial charge >= 0.3 is 0 Å². The van der Waals surface area contributed by atoms with Gasteiger partial charge in [-0.15, -0.1) is 0 Å². The number of nitrogens with one attached hydrogen (secondary N) is 1. The van der Waals surface area contributed by atoms with Crippen molar-refractivity contribution in [1.82, 2.24) is 0 Å². The quantitative estimate of drug-likeness (QED) is 0.811. The van der Waals surface area contributed by atoms with Crippen LogP contribution in [0, 0.1) is 0 Å². The zero-order chi connectivity index (χ0) is 12.3. The Morgan fingerprint density at radius 3 is 2.62 bits per heavy atom. The van der Waals surface area contributed by atoms with Gasteiger partial charge in [0, 0.05) is 11.3 Å². The van der Waals surface area contributed by atoms with Crippen molar-refractivity contribution in [3.05, 3.63) is 29.8 Å². The highest BCUT2D eigenvalue weighted by Crippen LogP contribution is 2.22. The summed E-state index contributed by atoms with van der Waals surface area (Å²) in [7, 11) is -3.22. The summed E-state index contributed by atoms with van der Waals surface area (Å²) in [5, 5.41) is 3.39. The maximum atomic E-state index is 11.3. The molecule has 88 valence electrons. The van der Waals surface area contributed by atoms with Crippen LogP contribution in [-0.4, -0.2) is 21.2 Å². The Hall–Kier alpha value is -1.20. The summed E-state index contributed by atoms with van der Waals surface area (Å²) < 4.78 is 22.5. The van der Waals surface area contributed by atoms with Gasteiger partial charge in [-0.25, -0.2) is 8.42 Å². The number of sulfone groups is 1. The SMILES string of the molecule is C=C(Cl)CNc1ccc(S(C)(=O)=O)cc1N. The number of halogens is 1. The van der Waals surface area contributed by atoms with Gasteiger partial charge in [0.1, 0.15) is 0 Å². The predicted octanol–water partition coefficient (Wildman–Crippen LogP) is 1.84. The maximum Gasteiger partial charge on any atom is 0.175 e. The third kappa shape index (κ3) is 3.43. The molecule has 0 heterocycles. The fraction of sp³-hybridized carbons (Fsp3) is 0.200. The number of anilines is 2. The molecular weight excluding hydrogens is 248 g/mol.